The van der Waals surface area contributed by atoms with Gasteiger partial charge in [0.05, 0.1) is 17.8 Å². The van der Waals surface area contributed by atoms with Crippen molar-refractivity contribution in [3.05, 3.63) is 144 Å². The van der Waals surface area contributed by atoms with E-state index >= 15 is 0 Å². The fourth-order valence-corrected chi connectivity index (χ4v) is 10.0. The summed E-state index contributed by atoms with van der Waals surface area (Å²) in [6.07, 6.45) is 13.1. The van der Waals surface area contributed by atoms with Crippen molar-refractivity contribution < 1.29 is 36.9 Å². The summed E-state index contributed by atoms with van der Waals surface area (Å²) in [4.78, 5) is 2.22. The maximum atomic E-state index is 11.9. The van der Waals surface area contributed by atoms with Gasteiger partial charge in [-0.25, -0.2) is 5.26 Å². The third kappa shape index (κ3) is 9.68. The van der Waals surface area contributed by atoms with Crippen LogP contribution in [0.3, 0.4) is 0 Å². The fourth-order valence-electron chi connectivity index (χ4n) is 9.19. The van der Waals surface area contributed by atoms with E-state index in [1.807, 2.05) is 18.2 Å². The zero-order valence-electron chi connectivity index (χ0n) is 35.8. The highest BCUT2D eigenvalue weighted by molar-refractivity contribution is 7.94. The summed E-state index contributed by atoms with van der Waals surface area (Å²) in [5.74, 6) is 1.11. The maximum absolute atomic E-state index is 11.9. The first-order valence-corrected chi connectivity index (χ1v) is 23.7. The molecule has 0 amide bonds. The minimum atomic E-state index is -4.13. The largest absolute Gasteiger partial charge is 0.494 e. The normalized spacial score (nSPS) is 16.7. The number of allylic oxidation sites excluding steroid dienone is 6. The van der Waals surface area contributed by atoms with Crippen LogP contribution < -0.4 is 9.64 Å². The number of nitrogens with zero attached hydrogens (tertiary/aromatic N) is 2. The van der Waals surface area contributed by atoms with Gasteiger partial charge in [-0.2, -0.15) is 13.0 Å². The topological polar surface area (TPSA) is 109 Å². The predicted octanol–water partition coefficient (Wildman–Crippen LogP) is 12.0. The monoisotopic (exact) mass is 861 g/mol. The van der Waals surface area contributed by atoms with Gasteiger partial charge in [-0.05, 0) is 101 Å². The molecule has 2 heterocycles. The van der Waals surface area contributed by atoms with Crippen molar-refractivity contribution in [2.75, 3.05) is 36.1 Å². The average molecular weight is 862 g/mol. The molecule has 0 saturated carbocycles. The van der Waals surface area contributed by atoms with Crippen LogP contribution in [0.5, 0.6) is 5.75 Å². The predicted molar refractivity (Wildman–Crippen MR) is 251 cm³/mol. The highest BCUT2D eigenvalue weighted by atomic mass is 32.2. The number of benzene rings is 5. The Morgan fingerprint density at radius 1 is 0.836 bits per heavy atom. The van der Waals surface area contributed by atoms with Crippen molar-refractivity contribution in [2.24, 2.45) is 0 Å². The number of fused-ring (bicyclic) bond motifs is 6. The molecule has 5 aromatic carbocycles. The van der Waals surface area contributed by atoms with Crippen LogP contribution in [0.25, 0.3) is 27.1 Å². The first kappa shape index (κ1) is 44.3. The molecule has 0 spiro atoms. The average Bonchev–Trinajstić information content (AvgIpc) is 3.60. The lowest BCUT2D eigenvalue weighted by molar-refractivity contribution is -0.438. The molecule has 0 unspecified atom stereocenters. The molecule has 2 aliphatic heterocycles. The Morgan fingerprint density at radius 2 is 1.56 bits per heavy atom. The molecule has 9 nitrogen and oxygen atoms in total. The van der Waals surface area contributed by atoms with E-state index in [2.05, 4.69) is 152 Å². The summed E-state index contributed by atoms with van der Waals surface area (Å²) in [7, 11) is -4.13. The standard InChI is InChI=1S/C50H56N2O7S2/c1-6-7-12-32-57-40-19-13-18-39(35-40)36(24-28-45-49(2,3)47-41-20-10-8-16-37(41)22-26-43(47)51(45)30-14-33-60-59-58-53)25-29-46-50(4,5)48-42-21-11-9-17-38(42)23-27-44(48)52(46)31-15-34-61(54,55)56/h8-11,13,16-29,35H,6-7,12,14-15,30-34H2,1-5H3,(H-,53,54,55,56)/p+1. The zero-order valence-corrected chi connectivity index (χ0v) is 37.4. The first-order chi connectivity index (χ1) is 29.3. The van der Waals surface area contributed by atoms with Crippen LogP contribution in [0, 0.1) is 0 Å². The number of anilines is 1. The summed E-state index contributed by atoms with van der Waals surface area (Å²) in [6, 6.07) is 33.9. The van der Waals surface area contributed by atoms with Crippen LogP contribution in [0.4, 0.5) is 11.4 Å². The van der Waals surface area contributed by atoms with Gasteiger partial charge in [0.1, 0.15) is 12.3 Å². The molecule has 61 heavy (non-hydrogen) atoms. The van der Waals surface area contributed by atoms with Crippen molar-refractivity contribution in [3.63, 3.8) is 0 Å². The Bertz CT molecular complexity index is 2630. The Morgan fingerprint density at radius 3 is 2.28 bits per heavy atom. The van der Waals surface area contributed by atoms with Crippen molar-refractivity contribution in [3.8, 4) is 5.75 Å². The van der Waals surface area contributed by atoms with E-state index < -0.39 is 15.5 Å². The molecule has 320 valence electrons. The molecule has 0 fully saturated rings. The number of unbranched alkanes of at least 4 members (excludes halogenated alkanes) is 2. The van der Waals surface area contributed by atoms with Gasteiger partial charge in [0.15, 0.2) is 5.71 Å². The molecule has 0 atom stereocenters. The molecule has 0 radical (unpaired) electrons. The van der Waals surface area contributed by atoms with E-state index in [-0.39, 0.29) is 17.6 Å². The SMILES string of the molecule is CCCCCOc1cccc(C(=C\C=C2\N(CCCS(=O)(=O)O)c3ccc4ccccc4c3C2(C)C)/C=C/C2=[N+](CCCSOOO)c3ccc4ccccc4c3C2(C)C)c1. The lowest BCUT2D eigenvalue weighted by atomic mass is 9.79. The number of ether oxygens (including phenoxy) is 1. The second-order valence-electron chi connectivity index (χ2n) is 16.8. The van der Waals surface area contributed by atoms with Gasteiger partial charge >= 0.3 is 0 Å². The maximum Gasteiger partial charge on any atom is 0.264 e. The summed E-state index contributed by atoms with van der Waals surface area (Å²) in [5, 5.41) is 17.3. The number of hydrogen-bond donors (Lipinski definition) is 2. The molecule has 2 N–H and O–H groups in total. The van der Waals surface area contributed by atoms with Crippen LogP contribution in [0.15, 0.2) is 127 Å². The minimum absolute atomic E-state index is 0.266. The van der Waals surface area contributed by atoms with Crippen molar-refractivity contribution in [2.45, 2.75) is 77.6 Å². The van der Waals surface area contributed by atoms with E-state index in [9.17, 15) is 13.0 Å². The van der Waals surface area contributed by atoms with Gasteiger partial charge in [-0.15, -0.1) is 4.33 Å². The zero-order chi connectivity index (χ0) is 43.2. The third-order valence-corrected chi connectivity index (χ3v) is 13.4. The Kier molecular flexibility index (Phi) is 13.9. The molecule has 0 aromatic heterocycles. The quantitative estimate of drug-likeness (QED) is 0.0160. The Labute approximate surface area is 364 Å². The first-order valence-electron chi connectivity index (χ1n) is 21.2. The van der Waals surface area contributed by atoms with E-state index in [4.69, 9.17) is 14.3 Å². The second kappa shape index (κ2) is 19.1. The second-order valence-corrected chi connectivity index (χ2v) is 19.2. The van der Waals surface area contributed by atoms with E-state index in [1.54, 1.807) is 0 Å². The molecule has 0 bridgehead atoms. The Balaban J connectivity index is 1.36. The van der Waals surface area contributed by atoms with Crippen LogP contribution in [0.2, 0.25) is 0 Å². The third-order valence-electron chi connectivity index (χ3n) is 12.0. The smallest absolute Gasteiger partial charge is 0.264 e. The van der Waals surface area contributed by atoms with Crippen molar-refractivity contribution >= 4 is 66.4 Å². The number of hydrogen-bond acceptors (Lipinski definition) is 8. The van der Waals surface area contributed by atoms with Gasteiger partial charge < -0.3 is 9.64 Å². The molecule has 7 rings (SSSR count). The highest BCUT2D eigenvalue weighted by Gasteiger charge is 2.45. The molecule has 5 aromatic rings. The molecule has 11 heteroatoms. The summed E-state index contributed by atoms with van der Waals surface area (Å²) in [5.41, 5.74) is 8.06. The van der Waals surface area contributed by atoms with Gasteiger partial charge in [0.25, 0.3) is 10.1 Å². The molecule has 0 saturated heterocycles. The van der Waals surface area contributed by atoms with Gasteiger partial charge in [-0.3, -0.25) is 4.55 Å². The minimum Gasteiger partial charge on any atom is -0.494 e. The van der Waals surface area contributed by atoms with E-state index in [1.165, 1.54) is 27.6 Å². The highest BCUT2D eigenvalue weighted by Crippen LogP contribution is 2.51. The van der Waals surface area contributed by atoms with Gasteiger partial charge in [0, 0.05) is 65.3 Å². The molecular weight excluding hydrogens is 805 g/mol. The van der Waals surface area contributed by atoms with E-state index in [0.29, 0.717) is 18.9 Å². The Hall–Kier alpha value is -4.75. The van der Waals surface area contributed by atoms with Gasteiger partial charge in [-0.1, -0.05) is 111 Å². The summed E-state index contributed by atoms with van der Waals surface area (Å²) in [6.45, 7) is 13.0. The lowest BCUT2D eigenvalue weighted by Crippen LogP contribution is -2.28. The number of rotatable bonds is 19. The van der Waals surface area contributed by atoms with Crippen LogP contribution in [-0.2, 0) is 30.3 Å². The van der Waals surface area contributed by atoms with Crippen molar-refractivity contribution in [1.82, 2.24) is 0 Å². The van der Waals surface area contributed by atoms with Crippen molar-refractivity contribution in [1.29, 1.82) is 0 Å². The molecular formula is C50H57N2O7S2+. The fraction of sp³-hybridized carbons (Fsp3) is 0.340. The van der Waals surface area contributed by atoms with E-state index in [0.717, 1.165) is 89.0 Å². The lowest BCUT2D eigenvalue weighted by Gasteiger charge is -2.27. The summed E-state index contributed by atoms with van der Waals surface area (Å²) >= 11 is 1.07. The molecule has 2 aliphatic rings. The van der Waals surface area contributed by atoms with Crippen LogP contribution >= 0.6 is 12.0 Å². The van der Waals surface area contributed by atoms with Crippen LogP contribution in [0.1, 0.15) is 83.4 Å². The van der Waals surface area contributed by atoms with Gasteiger partial charge in [0.2, 0.25) is 5.69 Å². The molecule has 0 aliphatic carbocycles. The van der Waals surface area contributed by atoms with Crippen LogP contribution in [-0.4, -0.2) is 59.7 Å². The summed E-state index contributed by atoms with van der Waals surface area (Å²) < 4.78 is 46.8.